The number of rotatable bonds is 19. The number of hydrogen-bond acceptors (Lipinski definition) is 7. The summed E-state index contributed by atoms with van der Waals surface area (Å²) >= 11 is 0. The van der Waals surface area contributed by atoms with E-state index in [2.05, 4.69) is 139 Å². The Morgan fingerprint density at radius 1 is 0.473 bits per heavy atom. The van der Waals surface area contributed by atoms with E-state index in [0.29, 0.717) is 0 Å². The molecule has 0 N–H and O–H groups in total. The summed E-state index contributed by atoms with van der Waals surface area (Å²) in [4.78, 5) is 4.52. The highest BCUT2D eigenvalue weighted by Crippen LogP contribution is 2.12. The first-order valence-corrected chi connectivity index (χ1v) is 18.6. The molecule has 0 amide bonds. The molecule has 0 atom stereocenters. The maximum absolute atomic E-state index is 4.52. The SMILES string of the molecule is CCCc1ccccc1C/C=C/C=C/C=N/N=NC.CCc1cccc(C/C=C/C=C/C=N/N=NC)c1.CCc1cccc(C/C=C/C=C/C=N/N=NC)n1. The lowest BCUT2D eigenvalue weighted by molar-refractivity contribution is 0.906. The number of aromatic nitrogens is 1. The predicted octanol–water partition coefficient (Wildman–Crippen LogP) is 11.7. The zero-order valence-electron chi connectivity index (χ0n) is 33.4. The third-order valence-electron chi connectivity index (χ3n) is 7.24. The van der Waals surface area contributed by atoms with Crippen molar-refractivity contribution in [3.8, 4) is 0 Å². The molecular weight excluding hydrogens is 681 g/mol. The topological polar surface area (TPSA) is 124 Å². The van der Waals surface area contributed by atoms with Crippen molar-refractivity contribution in [3.05, 3.63) is 173 Å². The maximum atomic E-state index is 4.52. The second-order valence-electron chi connectivity index (χ2n) is 11.4. The van der Waals surface area contributed by atoms with Crippen molar-refractivity contribution in [1.29, 1.82) is 0 Å². The zero-order valence-corrected chi connectivity index (χ0v) is 33.4. The summed E-state index contributed by atoms with van der Waals surface area (Å²) in [6.07, 6.45) is 35.5. The monoisotopic (exact) mass is 738 g/mol. The Kier molecular flexibility index (Phi) is 29.7. The van der Waals surface area contributed by atoms with Crippen molar-refractivity contribution in [2.75, 3.05) is 21.1 Å². The van der Waals surface area contributed by atoms with Gasteiger partial charge in [0.25, 0.3) is 0 Å². The van der Waals surface area contributed by atoms with Gasteiger partial charge in [0.15, 0.2) is 0 Å². The molecule has 0 aliphatic heterocycles. The summed E-state index contributed by atoms with van der Waals surface area (Å²) in [5, 5.41) is 32.0. The van der Waals surface area contributed by atoms with E-state index in [0.717, 1.165) is 49.9 Å². The van der Waals surface area contributed by atoms with E-state index in [-0.39, 0.29) is 0 Å². The lowest BCUT2D eigenvalue weighted by Gasteiger charge is -2.05. The molecule has 0 saturated heterocycles. The minimum atomic E-state index is 0.837. The molecule has 0 aliphatic carbocycles. The van der Waals surface area contributed by atoms with Crippen LogP contribution in [0.15, 0.2) is 186 Å². The van der Waals surface area contributed by atoms with E-state index in [9.17, 15) is 0 Å². The summed E-state index contributed by atoms with van der Waals surface area (Å²) in [5.41, 5.74) is 7.80. The van der Waals surface area contributed by atoms with E-state index in [4.69, 9.17) is 0 Å². The van der Waals surface area contributed by atoms with E-state index in [1.165, 1.54) is 28.7 Å². The molecule has 10 nitrogen and oxygen atoms in total. The molecule has 0 radical (unpaired) electrons. The van der Waals surface area contributed by atoms with Crippen molar-refractivity contribution in [1.82, 2.24) is 4.98 Å². The molecule has 288 valence electrons. The molecule has 0 saturated carbocycles. The second-order valence-corrected chi connectivity index (χ2v) is 11.4. The first-order valence-electron chi connectivity index (χ1n) is 18.6. The van der Waals surface area contributed by atoms with Gasteiger partial charge in [0, 0.05) is 17.8 Å². The van der Waals surface area contributed by atoms with Gasteiger partial charge in [0.2, 0.25) is 0 Å². The molecule has 2 aromatic carbocycles. The molecule has 0 spiro atoms. The molecule has 0 unspecified atom stereocenters. The van der Waals surface area contributed by atoms with Crippen LogP contribution < -0.4 is 0 Å². The van der Waals surface area contributed by atoms with E-state index < -0.39 is 0 Å². The van der Waals surface area contributed by atoms with Crippen molar-refractivity contribution in [3.63, 3.8) is 0 Å². The number of nitrogens with zero attached hydrogens (tertiary/aromatic N) is 10. The lowest BCUT2D eigenvalue weighted by Crippen LogP contribution is -1.92. The van der Waals surface area contributed by atoms with Crippen LogP contribution in [0.2, 0.25) is 0 Å². The largest absolute Gasteiger partial charge is 0.258 e. The fraction of sp³-hybridized carbons (Fsp3) is 0.289. The van der Waals surface area contributed by atoms with Crippen LogP contribution in [0.25, 0.3) is 0 Å². The van der Waals surface area contributed by atoms with Crippen molar-refractivity contribution < 1.29 is 0 Å². The van der Waals surface area contributed by atoms with Gasteiger partial charge >= 0.3 is 0 Å². The summed E-state index contributed by atoms with van der Waals surface area (Å²) in [6, 6.07) is 23.4. The van der Waals surface area contributed by atoms with Gasteiger partial charge in [0.1, 0.15) is 0 Å². The van der Waals surface area contributed by atoms with Crippen LogP contribution in [0, 0.1) is 0 Å². The van der Waals surface area contributed by atoms with Gasteiger partial charge in [-0.15, -0.1) is 15.3 Å². The highest BCUT2D eigenvalue weighted by Gasteiger charge is 1.98. The van der Waals surface area contributed by atoms with Gasteiger partial charge in [-0.2, -0.15) is 15.3 Å². The fourth-order valence-corrected chi connectivity index (χ4v) is 4.61. The van der Waals surface area contributed by atoms with Crippen LogP contribution in [0.1, 0.15) is 60.8 Å². The van der Waals surface area contributed by atoms with Crippen LogP contribution in [0.3, 0.4) is 0 Å². The fourth-order valence-electron chi connectivity index (χ4n) is 4.61. The van der Waals surface area contributed by atoms with Gasteiger partial charge in [-0.25, -0.2) is 0 Å². The Labute approximate surface area is 329 Å². The average molecular weight is 739 g/mol. The van der Waals surface area contributed by atoms with E-state index >= 15 is 0 Å². The number of aryl methyl sites for hydroxylation is 3. The van der Waals surface area contributed by atoms with Crippen molar-refractivity contribution in [2.24, 2.45) is 46.3 Å². The average Bonchev–Trinajstić information content (AvgIpc) is 3.22. The Morgan fingerprint density at radius 3 is 1.53 bits per heavy atom. The quantitative estimate of drug-likeness (QED) is 0.0516. The highest BCUT2D eigenvalue weighted by atomic mass is 15.4. The van der Waals surface area contributed by atoms with Crippen molar-refractivity contribution in [2.45, 2.75) is 65.7 Å². The number of pyridine rings is 1. The van der Waals surface area contributed by atoms with Gasteiger partial charge in [-0.3, -0.25) is 4.98 Å². The van der Waals surface area contributed by atoms with Crippen LogP contribution in [0.5, 0.6) is 0 Å². The summed E-state index contributed by atoms with van der Waals surface area (Å²) in [6.45, 7) is 6.49. The third kappa shape index (κ3) is 26.3. The van der Waals surface area contributed by atoms with Crippen LogP contribution in [0.4, 0.5) is 0 Å². The van der Waals surface area contributed by atoms with Crippen molar-refractivity contribution >= 4 is 18.6 Å². The normalized spacial score (nSPS) is 12.5. The molecule has 0 aliphatic rings. The first-order chi connectivity index (χ1) is 27.1. The number of hydrogen-bond donors (Lipinski definition) is 0. The predicted molar refractivity (Wildman–Crippen MR) is 234 cm³/mol. The van der Waals surface area contributed by atoms with Crippen LogP contribution >= 0.6 is 0 Å². The number of allylic oxidation sites excluding steroid dienone is 12. The molecule has 0 fully saturated rings. The van der Waals surface area contributed by atoms with Gasteiger partial charge in [0.05, 0.1) is 39.8 Å². The molecule has 3 aromatic rings. The van der Waals surface area contributed by atoms with Gasteiger partial charge in [-0.1, -0.05) is 136 Å². The lowest BCUT2D eigenvalue weighted by atomic mass is 10.0. The van der Waals surface area contributed by atoms with Crippen LogP contribution in [-0.2, 0) is 38.5 Å². The van der Waals surface area contributed by atoms with E-state index in [1.807, 2.05) is 66.8 Å². The molecule has 0 bridgehead atoms. The molecule has 55 heavy (non-hydrogen) atoms. The third-order valence-corrected chi connectivity index (χ3v) is 7.24. The second kappa shape index (κ2) is 34.9. The summed E-state index contributed by atoms with van der Waals surface area (Å²) in [7, 11) is 4.76. The summed E-state index contributed by atoms with van der Waals surface area (Å²) in [5.74, 6) is 0. The minimum absolute atomic E-state index is 0.837. The molecule has 1 aromatic heterocycles. The summed E-state index contributed by atoms with van der Waals surface area (Å²) < 4.78 is 0. The Morgan fingerprint density at radius 2 is 0.982 bits per heavy atom. The molecular formula is C45H58N10. The standard InChI is InChI=1S/C16H21N3.C15H19N3.C14H18N4/c1-3-10-15-12-7-8-13-16(15)11-6-4-5-9-14-18-19-17-2;1-3-14-10-8-11-15(13-14)9-6-4-5-7-12-17-18-16-2;1-3-13-10-8-11-14(17-13)9-6-4-5-7-12-16-18-15-2/h4-9,12-14H,3,10-11H2,1-2H3;4-8,10-13H,3,9H2,1-2H3;4-8,10-12H,3,9H2,1-2H3/b6-4+,9-5+,18-14+,19-17?;6-4+,7-5+,17-12+,18-16?;6-4+,7-5+,16-12+,18-15?. The van der Waals surface area contributed by atoms with E-state index in [1.54, 1.807) is 45.9 Å². The molecule has 3 rings (SSSR count). The Bertz CT molecular complexity index is 1720. The first kappa shape index (κ1) is 46.9. The van der Waals surface area contributed by atoms with Gasteiger partial charge < -0.3 is 0 Å². The highest BCUT2D eigenvalue weighted by molar-refractivity contribution is 5.71. The molecule has 10 heteroatoms. The van der Waals surface area contributed by atoms with Crippen LogP contribution in [-0.4, -0.2) is 44.8 Å². The van der Waals surface area contributed by atoms with Gasteiger partial charge in [-0.05, 0) is 100 Å². The maximum Gasteiger partial charge on any atom is 0.0513 e. The smallest absolute Gasteiger partial charge is 0.0513 e. The Hall–Kier alpha value is -6.16. The Balaban J connectivity index is 0.000000413. The number of benzene rings is 2. The molecule has 1 heterocycles. The minimum Gasteiger partial charge on any atom is -0.258 e. The zero-order chi connectivity index (χ0) is 39.9.